The molecule has 12 heteroatoms. The minimum absolute atomic E-state index is 0.00733. The lowest BCUT2D eigenvalue weighted by Gasteiger charge is -2.13. The fourth-order valence-electron chi connectivity index (χ4n) is 2.60. The largest absolute Gasteiger partial charge is 0.463 e. The van der Waals surface area contributed by atoms with E-state index in [4.69, 9.17) is 25.8 Å². The Morgan fingerprint density at radius 2 is 2.00 bits per heavy atom. The maximum Gasteiger partial charge on any atom is 0.344 e. The summed E-state index contributed by atoms with van der Waals surface area (Å²) in [5.41, 5.74) is -1.18. The van der Waals surface area contributed by atoms with Crippen molar-refractivity contribution in [2.75, 3.05) is 13.2 Å². The van der Waals surface area contributed by atoms with Gasteiger partial charge in [0.25, 0.3) is 11.4 Å². The topological polar surface area (TPSA) is 115 Å². The fourth-order valence-corrected chi connectivity index (χ4v) is 2.77. The number of ether oxygens (including phenoxy) is 3. The molecule has 0 saturated heterocycles. The van der Waals surface area contributed by atoms with Crippen molar-refractivity contribution < 1.29 is 23.4 Å². The van der Waals surface area contributed by atoms with Crippen LogP contribution in [0.4, 0.5) is 4.39 Å². The number of aromatic nitrogens is 4. The van der Waals surface area contributed by atoms with Gasteiger partial charge >= 0.3 is 11.7 Å². The zero-order valence-electron chi connectivity index (χ0n) is 17.3. The smallest absolute Gasteiger partial charge is 0.344 e. The molecule has 0 unspecified atom stereocenters. The molecule has 0 spiro atoms. The Hall–Kier alpha value is -3.73. The number of pyridine rings is 2. The number of nitrogens with zero attached hydrogens (tertiary/aromatic N) is 4. The van der Waals surface area contributed by atoms with Crippen molar-refractivity contribution in [3.05, 3.63) is 67.8 Å². The van der Waals surface area contributed by atoms with Gasteiger partial charge in [-0.25, -0.2) is 23.5 Å². The highest BCUT2D eigenvalue weighted by molar-refractivity contribution is 6.31. The predicted molar refractivity (Wildman–Crippen MR) is 111 cm³/mol. The molecular formula is C20H18ClFN4O6. The van der Waals surface area contributed by atoms with E-state index in [1.165, 1.54) is 36.0 Å². The van der Waals surface area contributed by atoms with Crippen LogP contribution in [0.3, 0.4) is 0 Å². The van der Waals surface area contributed by atoms with E-state index in [9.17, 15) is 18.8 Å². The molecule has 0 aliphatic carbocycles. The molecule has 0 atom stereocenters. The second kappa shape index (κ2) is 9.60. The molecule has 168 valence electrons. The third kappa shape index (κ3) is 4.78. The Bertz CT molecular complexity index is 1290. The molecule has 0 aromatic carbocycles. The zero-order chi connectivity index (χ0) is 23.4. The van der Waals surface area contributed by atoms with E-state index in [0.29, 0.717) is 10.3 Å². The molecule has 0 amide bonds. The van der Waals surface area contributed by atoms with E-state index in [2.05, 4.69) is 9.97 Å². The van der Waals surface area contributed by atoms with Crippen LogP contribution >= 0.6 is 11.6 Å². The zero-order valence-corrected chi connectivity index (χ0v) is 18.1. The quantitative estimate of drug-likeness (QED) is 0.489. The molecule has 3 aromatic rings. The highest BCUT2D eigenvalue weighted by Gasteiger charge is 2.20. The van der Waals surface area contributed by atoms with Gasteiger partial charge in [0.15, 0.2) is 24.0 Å². The summed E-state index contributed by atoms with van der Waals surface area (Å²) >= 11 is 6.06. The molecule has 0 bridgehead atoms. The Morgan fingerprint density at radius 1 is 1.25 bits per heavy atom. The van der Waals surface area contributed by atoms with Crippen LogP contribution < -0.4 is 20.7 Å². The number of carbonyl (C=O) groups is 1. The SMILES string of the molecule is CCOC(=O)COc1ncccc1Oc1nc(-n2c(=O)cc(C)n(C)c2=O)c(F)cc1Cl. The van der Waals surface area contributed by atoms with Crippen molar-refractivity contribution in [2.45, 2.75) is 13.8 Å². The second-order valence-corrected chi connectivity index (χ2v) is 6.79. The monoisotopic (exact) mass is 464 g/mol. The van der Waals surface area contributed by atoms with E-state index in [0.717, 1.165) is 6.07 Å². The molecule has 0 saturated carbocycles. The third-order valence-electron chi connectivity index (χ3n) is 4.23. The van der Waals surface area contributed by atoms with E-state index in [-0.39, 0.29) is 29.1 Å². The average Bonchev–Trinajstić information content (AvgIpc) is 2.74. The first kappa shape index (κ1) is 22.9. The highest BCUT2D eigenvalue weighted by Crippen LogP contribution is 2.33. The summed E-state index contributed by atoms with van der Waals surface area (Å²) in [5, 5.41) is -0.233. The van der Waals surface area contributed by atoms with Gasteiger partial charge in [0.1, 0.15) is 5.02 Å². The number of hydrogen-bond acceptors (Lipinski definition) is 8. The van der Waals surface area contributed by atoms with Gasteiger partial charge in [-0.1, -0.05) is 11.6 Å². The molecule has 10 nitrogen and oxygen atoms in total. The highest BCUT2D eigenvalue weighted by atomic mass is 35.5. The van der Waals surface area contributed by atoms with Crippen molar-refractivity contribution in [2.24, 2.45) is 7.05 Å². The van der Waals surface area contributed by atoms with Crippen LogP contribution in [0.15, 0.2) is 40.1 Å². The molecule has 3 aromatic heterocycles. The van der Waals surface area contributed by atoms with Gasteiger partial charge in [0.2, 0.25) is 5.88 Å². The summed E-state index contributed by atoms with van der Waals surface area (Å²) in [4.78, 5) is 44.4. The summed E-state index contributed by atoms with van der Waals surface area (Å²) in [5.74, 6) is -2.59. The van der Waals surface area contributed by atoms with E-state index in [1.54, 1.807) is 13.8 Å². The van der Waals surface area contributed by atoms with E-state index in [1.807, 2.05) is 0 Å². The van der Waals surface area contributed by atoms with Gasteiger partial charge in [-0.2, -0.15) is 4.98 Å². The summed E-state index contributed by atoms with van der Waals surface area (Å²) in [7, 11) is 1.43. The van der Waals surface area contributed by atoms with Crippen LogP contribution in [-0.4, -0.2) is 38.3 Å². The van der Waals surface area contributed by atoms with Crippen molar-refractivity contribution in [3.8, 4) is 23.3 Å². The van der Waals surface area contributed by atoms with Crippen molar-refractivity contribution >= 4 is 17.6 Å². The number of carbonyl (C=O) groups excluding carboxylic acids is 1. The molecule has 32 heavy (non-hydrogen) atoms. The summed E-state index contributed by atoms with van der Waals surface area (Å²) in [6.45, 7) is 2.97. The molecule has 0 N–H and O–H groups in total. The summed E-state index contributed by atoms with van der Waals surface area (Å²) in [6, 6.07) is 5.00. The lowest BCUT2D eigenvalue weighted by atomic mass is 10.4. The Morgan fingerprint density at radius 3 is 2.72 bits per heavy atom. The van der Waals surface area contributed by atoms with Crippen molar-refractivity contribution in [1.29, 1.82) is 0 Å². The number of hydrogen-bond donors (Lipinski definition) is 0. The summed E-state index contributed by atoms with van der Waals surface area (Å²) in [6.07, 6.45) is 1.40. The molecule has 3 rings (SSSR count). The minimum atomic E-state index is -1.00. The normalized spacial score (nSPS) is 10.7. The standard InChI is InChI=1S/C20H18ClFN4O6/c1-4-30-16(28)10-31-19-14(6-5-7-23-19)32-18-12(21)9-13(22)17(24-18)26-15(27)8-11(2)25(3)20(26)29/h5-9H,4,10H2,1-3H3. The number of rotatable bonds is 7. The molecule has 0 radical (unpaired) electrons. The molecule has 0 aliphatic rings. The first-order valence-corrected chi connectivity index (χ1v) is 9.68. The Kier molecular flexibility index (Phi) is 6.89. The lowest BCUT2D eigenvalue weighted by Crippen LogP contribution is -2.39. The van der Waals surface area contributed by atoms with Gasteiger partial charge in [-0.3, -0.25) is 4.79 Å². The Labute approximate surface area is 185 Å². The maximum absolute atomic E-state index is 14.6. The van der Waals surface area contributed by atoms with E-state index < -0.39 is 35.5 Å². The average molecular weight is 465 g/mol. The molecular weight excluding hydrogens is 447 g/mol. The minimum Gasteiger partial charge on any atom is -0.463 e. The predicted octanol–water partition coefficient (Wildman–Crippen LogP) is 2.16. The van der Waals surface area contributed by atoms with Crippen molar-refractivity contribution in [3.63, 3.8) is 0 Å². The number of halogens is 2. The van der Waals surface area contributed by atoms with Crippen LogP contribution in [0.5, 0.6) is 17.5 Å². The number of aryl methyl sites for hydroxylation is 1. The van der Waals surface area contributed by atoms with Crippen LogP contribution in [0.2, 0.25) is 5.02 Å². The second-order valence-electron chi connectivity index (χ2n) is 6.38. The van der Waals surface area contributed by atoms with Crippen LogP contribution in [0.25, 0.3) is 5.82 Å². The maximum atomic E-state index is 14.6. The van der Waals surface area contributed by atoms with E-state index >= 15 is 0 Å². The van der Waals surface area contributed by atoms with Crippen molar-refractivity contribution in [1.82, 2.24) is 19.1 Å². The molecule has 3 heterocycles. The first-order chi connectivity index (χ1) is 15.2. The Balaban J connectivity index is 2.01. The van der Waals surface area contributed by atoms with Gasteiger partial charge in [-0.15, -0.1) is 0 Å². The van der Waals surface area contributed by atoms with Crippen LogP contribution in [-0.2, 0) is 16.6 Å². The third-order valence-corrected chi connectivity index (χ3v) is 4.50. The number of esters is 1. The van der Waals surface area contributed by atoms with Gasteiger partial charge in [0.05, 0.1) is 6.61 Å². The van der Waals surface area contributed by atoms with Crippen LogP contribution in [0, 0.1) is 12.7 Å². The van der Waals surface area contributed by atoms with Crippen LogP contribution in [0.1, 0.15) is 12.6 Å². The lowest BCUT2D eigenvalue weighted by molar-refractivity contribution is -0.145. The molecule has 0 fully saturated rings. The summed E-state index contributed by atoms with van der Waals surface area (Å²) < 4.78 is 32.0. The first-order valence-electron chi connectivity index (χ1n) is 9.30. The molecule has 0 aliphatic heterocycles. The van der Waals surface area contributed by atoms with Gasteiger partial charge < -0.3 is 18.8 Å². The fraction of sp³-hybridized carbons (Fsp3) is 0.250. The van der Waals surface area contributed by atoms with Gasteiger partial charge in [-0.05, 0) is 26.0 Å². The van der Waals surface area contributed by atoms with Gasteiger partial charge in [0, 0.05) is 31.1 Å².